The summed E-state index contributed by atoms with van der Waals surface area (Å²) in [5.74, 6) is 0.607. The molecule has 0 spiro atoms. The van der Waals surface area contributed by atoms with E-state index in [4.69, 9.17) is 0 Å². The van der Waals surface area contributed by atoms with Crippen molar-refractivity contribution in [3.05, 3.63) is 48.4 Å². The molecule has 0 atom stereocenters. The van der Waals surface area contributed by atoms with Gasteiger partial charge in [-0.2, -0.15) is 0 Å². The van der Waals surface area contributed by atoms with Crippen LogP contribution in [0.4, 0.5) is 11.5 Å². The first kappa shape index (κ1) is 12.6. The van der Waals surface area contributed by atoms with Crippen LogP contribution >= 0.6 is 0 Å². The quantitative estimate of drug-likeness (QED) is 0.929. The summed E-state index contributed by atoms with van der Waals surface area (Å²) in [6.07, 6.45) is 5.28. The van der Waals surface area contributed by atoms with Gasteiger partial charge < -0.3 is 10.2 Å². The maximum atomic E-state index is 12.1. The van der Waals surface area contributed by atoms with Gasteiger partial charge in [-0.1, -0.05) is 18.2 Å². The monoisotopic (exact) mass is 268 g/mol. The highest BCUT2D eigenvalue weighted by Gasteiger charge is 2.20. The highest BCUT2D eigenvalue weighted by atomic mass is 16.2. The van der Waals surface area contributed by atoms with Crippen LogP contribution < -0.4 is 5.32 Å². The molecule has 0 saturated carbocycles. The Hall–Kier alpha value is -2.43. The smallest absolute Gasteiger partial charge is 0.274 e. The lowest BCUT2D eigenvalue weighted by molar-refractivity contribution is 0.0786. The summed E-state index contributed by atoms with van der Waals surface area (Å²) in [6.45, 7) is 1.65. The molecule has 1 N–H and O–H groups in total. The minimum Gasteiger partial charge on any atom is -0.339 e. The lowest BCUT2D eigenvalue weighted by Gasteiger charge is -2.14. The number of anilines is 2. The van der Waals surface area contributed by atoms with Gasteiger partial charge in [0.05, 0.1) is 12.4 Å². The zero-order chi connectivity index (χ0) is 13.8. The van der Waals surface area contributed by atoms with Gasteiger partial charge in [0.25, 0.3) is 5.91 Å². The number of nitrogens with zero attached hydrogens (tertiary/aromatic N) is 3. The predicted octanol–water partition coefficient (Wildman–Crippen LogP) is 2.46. The highest BCUT2D eigenvalue weighted by Crippen LogP contribution is 2.14. The van der Waals surface area contributed by atoms with Gasteiger partial charge in [0.2, 0.25) is 0 Å². The molecule has 1 aromatic carbocycles. The minimum absolute atomic E-state index is 0.0266. The van der Waals surface area contributed by atoms with Crippen LogP contribution in [0.25, 0.3) is 0 Å². The van der Waals surface area contributed by atoms with Crippen LogP contribution in [0.5, 0.6) is 0 Å². The average molecular weight is 268 g/mol. The Labute approximate surface area is 117 Å². The van der Waals surface area contributed by atoms with E-state index in [2.05, 4.69) is 15.3 Å². The third-order valence-corrected chi connectivity index (χ3v) is 3.31. The first-order chi connectivity index (χ1) is 9.83. The molecule has 0 bridgehead atoms. The zero-order valence-electron chi connectivity index (χ0n) is 11.1. The van der Waals surface area contributed by atoms with Gasteiger partial charge in [-0.3, -0.25) is 4.79 Å². The van der Waals surface area contributed by atoms with Crippen molar-refractivity contribution in [2.45, 2.75) is 12.8 Å². The van der Waals surface area contributed by atoms with Crippen LogP contribution in [-0.4, -0.2) is 33.9 Å². The van der Waals surface area contributed by atoms with E-state index in [1.54, 1.807) is 6.20 Å². The van der Waals surface area contributed by atoms with E-state index in [1.807, 2.05) is 35.2 Å². The Bertz CT molecular complexity index is 577. The molecule has 0 radical (unpaired) electrons. The summed E-state index contributed by atoms with van der Waals surface area (Å²) < 4.78 is 0. The molecule has 1 saturated heterocycles. The maximum Gasteiger partial charge on any atom is 0.274 e. The molecule has 5 heteroatoms. The largest absolute Gasteiger partial charge is 0.339 e. The lowest BCUT2D eigenvalue weighted by Crippen LogP contribution is -2.28. The Kier molecular flexibility index (Phi) is 3.58. The number of hydrogen-bond acceptors (Lipinski definition) is 4. The Morgan fingerprint density at radius 2 is 1.80 bits per heavy atom. The summed E-state index contributed by atoms with van der Waals surface area (Å²) in [6, 6.07) is 9.74. The number of aromatic nitrogens is 2. The highest BCUT2D eigenvalue weighted by molar-refractivity contribution is 5.92. The van der Waals surface area contributed by atoms with Crippen LogP contribution in [-0.2, 0) is 0 Å². The zero-order valence-corrected chi connectivity index (χ0v) is 11.1. The molecular weight excluding hydrogens is 252 g/mol. The standard InChI is InChI=1S/C15H16N4O/c20-15(19-8-4-5-9-19)13-10-17-14(11-16-13)18-12-6-2-1-3-7-12/h1-3,6-7,10-11H,4-5,8-9H2,(H,17,18). The molecular formula is C15H16N4O. The van der Waals surface area contributed by atoms with Crippen LogP contribution in [0.3, 0.4) is 0 Å². The molecule has 1 amide bonds. The molecule has 1 fully saturated rings. The third kappa shape index (κ3) is 2.77. The molecule has 20 heavy (non-hydrogen) atoms. The normalized spacial score (nSPS) is 14.3. The van der Waals surface area contributed by atoms with Crippen molar-refractivity contribution < 1.29 is 4.79 Å². The van der Waals surface area contributed by atoms with E-state index in [0.717, 1.165) is 31.6 Å². The lowest BCUT2D eigenvalue weighted by atomic mass is 10.3. The SMILES string of the molecule is O=C(c1cnc(Nc2ccccc2)cn1)N1CCCC1. The van der Waals surface area contributed by atoms with Gasteiger partial charge in [-0.15, -0.1) is 0 Å². The summed E-state index contributed by atoms with van der Waals surface area (Å²) in [5, 5.41) is 3.14. The second-order valence-corrected chi connectivity index (χ2v) is 4.78. The van der Waals surface area contributed by atoms with Crippen LogP contribution in [0, 0.1) is 0 Å². The van der Waals surface area contributed by atoms with Gasteiger partial charge in [0.1, 0.15) is 11.5 Å². The first-order valence-corrected chi connectivity index (χ1v) is 6.76. The molecule has 1 aromatic heterocycles. The van der Waals surface area contributed by atoms with Crippen LogP contribution in [0.15, 0.2) is 42.7 Å². The summed E-state index contributed by atoms with van der Waals surface area (Å²) >= 11 is 0. The van der Waals surface area contributed by atoms with E-state index in [0.29, 0.717) is 11.5 Å². The van der Waals surface area contributed by atoms with Gasteiger partial charge in [0.15, 0.2) is 0 Å². The molecule has 5 nitrogen and oxygen atoms in total. The number of para-hydroxylation sites is 1. The number of likely N-dealkylation sites (tertiary alicyclic amines) is 1. The van der Waals surface area contributed by atoms with E-state index >= 15 is 0 Å². The fourth-order valence-corrected chi connectivity index (χ4v) is 2.25. The van der Waals surface area contributed by atoms with Crippen molar-refractivity contribution in [2.75, 3.05) is 18.4 Å². The maximum absolute atomic E-state index is 12.1. The summed E-state index contributed by atoms with van der Waals surface area (Å²) in [5.41, 5.74) is 1.35. The Balaban J connectivity index is 1.69. The second kappa shape index (κ2) is 5.69. The van der Waals surface area contributed by atoms with Gasteiger partial charge in [-0.25, -0.2) is 9.97 Å². The van der Waals surface area contributed by atoms with Gasteiger partial charge in [-0.05, 0) is 25.0 Å². The van der Waals surface area contributed by atoms with Gasteiger partial charge in [0, 0.05) is 18.8 Å². The average Bonchev–Trinajstić information content (AvgIpc) is 3.03. The number of rotatable bonds is 3. The topological polar surface area (TPSA) is 58.1 Å². The number of carbonyl (C=O) groups is 1. The van der Waals surface area contributed by atoms with Gasteiger partial charge >= 0.3 is 0 Å². The molecule has 2 heterocycles. The summed E-state index contributed by atoms with van der Waals surface area (Å²) in [4.78, 5) is 22.4. The number of benzene rings is 1. The van der Waals surface area contributed by atoms with E-state index in [1.165, 1.54) is 6.20 Å². The number of amides is 1. The van der Waals surface area contributed by atoms with Crippen molar-refractivity contribution in [1.82, 2.24) is 14.9 Å². The minimum atomic E-state index is -0.0266. The molecule has 1 aliphatic rings. The van der Waals surface area contributed by atoms with Crippen molar-refractivity contribution in [1.29, 1.82) is 0 Å². The van der Waals surface area contributed by atoms with Crippen LogP contribution in [0.1, 0.15) is 23.3 Å². The number of nitrogens with one attached hydrogen (secondary N) is 1. The number of carbonyl (C=O) groups excluding carboxylic acids is 1. The van der Waals surface area contributed by atoms with Crippen molar-refractivity contribution in [2.24, 2.45) is 0 Å². The molecule has 0 unspecified atom stereocenters. The molecule has 2 aromatic rings. The summed E-state index contributed by atoms with van der Waals surface area (Å²) in [7, 11) is 0. The van der Waals surface area contributed by atoms with Crippen molar-refractivity contribution in [3.63, 3.8) is 0 Å². The third-order valence-electron chi connectivity index (χ3n) is 3.31. The van der Waals surface area contributed by atoms with Crippen LogP contribution in [0.2, 0.25) is 0 Å². The Morgan fingerprint density at radius 1 is 1.05 bits per heavy atom. The van der Waals surface area contributed by atoms with E-state index < -0.39 is 0 Å². The van der Waals surface area contributed by atoms with Crippen molar-refractivity contribution >= 4 is 17.4 Å². The second-order valence-electron chi connectivity index (χ2n) is 4.78. The fourth-order valence-electron chi connectivity index (χ4n) is 2.25. The Morgan fingerprint density at radius 3 is 2.45 bits per heavy atom. The van der Waals surface area contributed by atoms with E-state index in [9.17, 15) is 4.79 Å². The molecule has 0 aliphatic carbocycles. The van der Waals surface area contributed by atoms with E-state index in [-0.39, 0.29) is 5.91 Å². The fraction of sp³-hybridized carbons (Fsp3) is 0.267. The predicted molar refractivity (Wildman–Crippen MR) is 76.9 cm³/mol. The molecule has 102 valence electrons. The number of hydrogen-bond donors (Lipinski definition) is 1. The molecule has 1 aliphatic heterocycles. The first-order valence-electron chi connectivity index (χ1n) is 6.76. The van der Waals surface area contributed by atoms with Crippen molar-refractivity contribution in [3.8, 4) is 0 Å². The molecule has 3 rings (SSSR count).